The molecule has 214 valence electrons. The van der Waals surface area contributed by atoms with E-state index in [1.165, 1.54) is 43.6 Å². The van der Waals surface area contributed by atoms with Gasteiger partial charge in [-0.15, -0.1) is 0 Å². The van der Waals surface area contributed by atoms with Gasteiger partial charge in [-0.3, -0.25) is 0 Å². The van der Waals surface area contributed by atoms with Crippen LogP contribution in [0.5, 0.6) is 0 Å². The monoisotopic (exact) mass is 585 g/mol. The van der Waals surface area contributed by atoms with E-state index in [9.17, 15) is 5.26 Å². The van der Waals surface area contributed by atoms with Crippen molar-refractivity contribution in [3.63, 3.8) is 0 Å². The number of nitriles is 1. The second kappa shape index (κ2) is 10.4. The van der Waals surface area contributed by atoms with E-state index in [0.717, 1.165) is 33.6 Å². The van der Waals surface area contributed by atoms with Gasteiger partial charge in [0, 0.05) is 38.5 Å². The number of benzene rings is 7. The summed E-state index contributed by atoms with van der Waals surface area (Å²) in [5.74, 6) is 0. The zero-order chi connectivity index (χ0) is 30.6. The molecule has 0 amide bonds. The van der Waals surface area contributed by atoms with Crippen molar-refractivity contribution in [3.8, 4) is 39.7 Å². The molecule has 7 aromatic carbocycles. The van der Waals surface area contributed by atoms with Gasteiger partial charge in [-0.05, 0) is 71.3 Å². The van der Waals surface area contributed by atoms with Gasteiger partial charge in [-0.1, -0.05) is 109 Å². The first-order chi connectivity index (χ1) is 22.8. The molecule has 0 aliphatic rings. The van der Waals surface area contributed by atoms with Gasteiger partial charge in [0.15, 0.2) is 0 Å². The average Bonchev–Trinajstić information content (AvgIpc) is 3.65. The summed E-state index contributed by atoms with van der Waals surface area (Å²) in [6.07, 6.45) is 0. The number of hydrogen-bond acceptors (Lipinski definition) is 1. The molecule has 2 heterocycles. The first-order valence-electron chi connectivity index (χ1n) is 15.5. The number of fused-ring (bicyclic) bond motifs is 6. The SMILES string of the molecule is N#Cc1ccccc1-c1ccc(-n2c3ccccc3c3ccccc32)cc1-c1ccc(-n2c3ccccc3c3ccccc32)cc1. The smallest absolute Gasteiger partial charge is 0.0998 e. The highest BCUT2D eigenvalue weighted by Crippen LogP contribution is 2.39. The molecule has 46 heavy (non-hydrogen) atoms. The highest BCUT2D eigenvalue weighted by molar-refractivity contribution is 6.10. The molecule has 3 nitrogen and oxygen atoms in total. The quantitative estimate of drug-likeness (QED) is 0.202. The molecule has 3 heteroatoms. The summed E-state index contributed by atoms with van der Waals surface area (Å²) >= 11 is 0. The van der Waals surface area contributed by atoms with Crippen LogP contribution in [0.15, 0.2) is 164 Å². The van der Waals surface area contributed by atoms with E-state index >= 15 is 0 Å². The highest BCUT2D eigenvalue weighted by atomic mass is 15.0. The molecule has 0 spiro atoms. The Morgan fingerprint density at radius 1 is 0.370 bits per heavy atom. The molecular weight excluding hydrogens is 558 g/mol. The van der Waals surface area contributed by atoms with Crippen molar-refractivity contribution < 1.29 is 0 Å². The van der Waals surface area contributed by atoms with Crippen LogP contribution in [0, 0.1) is 11.3 Å². The number of para-hydroxylation sites is 4. The summed E-state index contributed by atoms with van der Waals surface area (Å²) in [6.45, 7) is 0. The molecular formula is C43H27N3. The van der Waals surface area contributed by atoms with Crippen molar-refractivity contribution in [2.24, 2.45) is 0 Å². The number of hydrogen-bond donors (Lipinski definition) is 0. The molecule has 0 bridgehead atoms. The fourth-order valence-electron chi connectivity index (χ4n) is 7.15. The molecule has 9 aromatic rings. The maximum absolute atomic E-state index is 10.0. The lowest BCUT2D eigenvalue weighted by molar-refractivity contribution is 1.18. The molecule has 0 fully saturated rings. The third-order valence-electron chi connectivity index (χ3n) is 9.20. The van der Waals surface area contributed by atoms with Gasteiger partial charge in [-0.25, -0.2) is 0 Å². The maximum atomic E-state index is 10.0. The van der Waals surface area contributed by atoms with E-state index < -0.39 is 0 Å². The van der Waals surface area contributed by atoms with Gasteiger partial charge in [-0.2, -0.15) is 5.26 Å². The van der Waals surface area contributed by atoms with Gasteiger partial charge >= 0.3 is 0 Å². The fraction of sp³-hybridized carbons (Fsp3) is 0. The topological polar surface area (TPSA) is 33.6 Å². The lowest BCUT2D eigenvalue weighted by Crippen LogP contribution is -1.97. The first-order valence-corrected chi connectivity index (χ1v) is 15.5. The summed E-state index contributed by atoms with van der Waals surface area (Å²) in [4.78, 5) is 0. The van der Waals surface area contributed by atoms with Crippen LogP contribution in [0.4, 0.5) is 0 Å². The number of nitrogens with zero attached hydrogens (tertiary/aromatic N) is 3. The Hall–Kier alpha value is -6.37. The van der Waals surface area contributed by atoms with Crippen LogP contribution < -0.4 is 0 Å². The molecule has 0 radical (unpaired) electrons. The van der Waals surface area contributed by atoms with Crippen molar-refractivity contribution in [2.75, 3.05) is 0 Å². The maximum Gasteiger partial charge on any atom is 0.0998 e. The minimum Gasteiger partial charge on any atom is -0.309 e. The summed E-state index contributed by atoms with van der Waals surface area (Å²) in [5, 5.41) is 15.0. The molecule has 0 aliphatic heterocycles. The van der Waals surface area contributed by atoms with Crippen LogP contribution >= 0.6 is 0 Å². The van der Waals surface area contributed by atoms with E-state index in [0.29, 0.717) is 5.56 Å². The summed E-state index contributed by atoms with van der Waals surface area (Å²) < 4.78 is 4.69. The minimum absolute atomic E-state index is 0.662. The minimum atomic E-state index is 0.662. The van der Waals surface area contributed by atoms with E-state index in [-0.39, 0.29) is 0 Å². The van der Waals surface area contributed by atoms with Gasteiger partial charge < -0.3 is 9.13 Å². The molecule has 9 rings (SSSR count). The van der Waals surface area contributed by atoms with E-state index in [2.05, 4.69) is 155 Å². The molecule has 2 aromatic heterocycles. The van der Waals surface area contributed by atoms with Crippen LogP contribution in [0.25, 0.3) is 77.2 Å². The molecule has 0 atom stereocenters. The zero-order valence-electron chi connectivity index (χ0n) is 24.9. The van der Waals surface area contributed by atoms with E-state index in [1.807, 2.05) is 24.3 Å². The summed E-state index contributed by atoms with van der Waals surface area (Å²) in [6, 6.07) is 60.1. The summed E-state index contributed by atoms with van der Waals surface area (Å²) in [5.41, 5.74) is 11.7. The Bertz CT molecular complexity index is 2540. The Morgan fingerprint density at radius 2 is 0.804 bits per heavy atom. The average molecular weight is 586 g/mol. The van der Waals surface area contributed by atoms with Crippen molar-refractivity contribution in [1.29, 1.82) is 5.26 Å². The van der Waals surface area contributed by atoms with Crippen LogP contribution in [0.1, 0.15) is 5.56 Å². The van der Waals surface area contributed by atoms with Crippen LogP contribution in [-0.4, -0.2) is 9.13 Å². The predicted octanol–water partition coefficient (Wildman–Crippen LogP) is 11.1. The van der Waals surface area contributed by atoms with Gasteiger partial charge in [0.25, 0.3) is 0 Å². The Morgan fingerprint density at radius 3 is 1.33 bits per heavy atom. The highest BCUT2D eigenvalue weighted by Gasteiger charge is 2.17. The van der Waals surface area contributed by atoms with E-state index in [4.69, 9.17) is 0 Å². The molecule has 0 N–H and O–H groups in total. The summed E-state index contributed by atoms with van der Waals surface area (Å²) in [7, 11) is 0. The predicted molar refractivity (Wildman–Crippen MR) is 191 cm³/mol. The molecule has 0 saturated carbocycles. The van der Waals surface area contributed by atoms with Crippen LogP contribution in [-0.2, 0) is 0 Å². The molecule has 0 aliphatic carbocycles. The Balaban J connectivity index is 1.27. The standard InChI is InChI=1S/C43H27N3/c44-28-30-11-1-2-12-33(30)34-26-25-32(46-42-19-9-5-15-37(42)38-16-6-10-20-43(38)46)27-39(34)29-21-23-31(24-22-29)45-40-17-7-3-13-35(40)36-14-4-8-18-41(36)45/h1-27H. The van der Waals surface area contributed by atoms with Crippen LogP contribution in [0.2, 0.25) is 0 Å². The van der Waals surface area contributed by atoms with Crippen LogP contribution in [0.3, 0.4) is 0 Å². The van der Waals surface area contributed by atoms with E-state index in [1.54, 1.807) is 0 Å². The van der Waals surface area contributed by atoms with Crippen molar-refractivity contribution >= 4 is 43.6 Å². The molecule has 0 saturated heterocycles. The third kappa shape index (κ3) is 3.91. The second-order valence-corrected chi connectivity index (χ2v) is 11.7. The first kappa shape index (κ1) is 26.1. The molecule has 0 unspecified atom stereocenters. The largest absolute Gasteiger partial charge is 0.309 e. The zero-order valence-corrected chi connectivity index (χ0v) is 24.9. The van der Waals surface area contributed by atoms with Gasteiger partial charge in [0.05, 0.1) is 33.7 Å². The lowest BCUT2D eigenvalue weighted by Gasteiger charge is -2.16. The number of aromatic nitrogens is 2. The van der Waals surface area contributed by atoms with Crippen molar-refractivity contribution in [3.05, 3.63) is 169 Å². The van der Waals surface area contributed by atoms with Crippen molar-refractivity contribution in [1.82, 2.24) is 9.13 Å². The Labute approximate surface area is 266 Å². The fourth-order valence-corrected chi connectivity index (χ4v) is 7.15. The second-order valence-electron chi connectivity index (χ2n) is 11.7. The number of rotatable bonds is 4. The lowest BCUT2D eigenvalue weighted by atomic mass is 9.91. The van der Waals surface area contributed by atoms with Gasteiger partial charge in [0.2, 0.25) is 0 Å². The normalized spacial score (nSPS) is 11.5. The van der Waals surface area contributed by atoms with Crippen molar-refractivity contribution in [2.45, 2.75) is 0 Å². The third-order valence-corrected chi connectivity index (χ3v) is 9.20. The Kier molecular flexibility index (Phi) is 5.88. The van der Waals surface area contributed by atoms with Gasteiger partial charge in [0.1, 0.15) is 0 Å².